The molecule has 3 rings (SSSR count). The van der Waals surface area contributed by atoms with Gasteiger partial charge in [-0.05, 0) is 62.4 Å². The first-order valence-electron chi connectivity index (χ1n) is 10.6. The van der Waals surface area contributed by atoms with E-state index in [0.717, 1.165) is 52.0 Å². The average Bonchev–Trinajstić information content (AvgIpc) is 3.16. The van der Waals surface area contributed by atoms with Gasteiger partial charge < -0.3 is 15.3 Å². The predicted molar refractivity (Wildman–Crippen MR) is 109 cm³/mol. The van der Waals surface area contributed by atoms with Crippen molar-refractivity contribution in [2.75, 3.05) is 39.3 Å². The van der Waals surface area contributed by atoms with Crippen LogP contribution in [0, 0.1) is 11.8 Å². The van der Waals surface area contributed by atoms with E-state index < -0.39 is 0 Å². The second-order valence-electron chi connectivity index (χ2n) is 8.31. The molecule has 0 unspecified atom stereocenters. The molecule has 0 aromatic heterocycles. The Morgan fingerprint density at radius 3 is 2.59 bits per heavy atom. The molecule has 2 heterocycles. The standard InChI is InChI=1S/C22H35N3O2/c1-2-3-10-23-22(27)20-13-19(15-24-11-4-5-12-24)16-25(17-20)14-18-6-8-21(26)9-7-18/h6-9,19-20,26H,2-5,10-17H2,1H3,(H,23,27)/t19-,20-/m1/s1. The second-order valence-corrected chi connectivity index (χ2v) is 8.31. The van der Waals surface area contributed by atoms with Crippen molar-refractivity contribution < 1.29 is 9.90 Å². The summed E-state index contributed by atoms with van der Waals surface area (Å²) >= 11 is 0. The SMILES string of the molecule is CCCCNC(=O)[C@@H]1C[C@H](CN2CCCC2)CN(Cc2ccc(O)cc2)C1. The number of benzene rings is 1. The molecule has 2 atom stereocenters. The highest BCUT2D eigenvalue weighted by atomic mass is 16.3. The third-order valence-electron chi connectivity index (χ3n) is 5.87. The summed E-state index contributed by atoms with van der Waals surface area (Å²) in [5.41, 5.74) is 1.19. The molecule has 1 aromatic rings. The molecule has 0 aliphatic carbocycles. The number of unbranched alkanes of at least 4 members (excludes halogenated alkanes) is 1. The summed E-state index contributed by atoms with van der Waals surface area (Å²) in [4.78, 5) is 17.7. The zero-order valence-corrected chi connectivity index (χ0v) is 16.7. The number of likely N-dealkylation sites (tertiary alicyclic amines) is 2. The van der Waals surface area contributed by atoms with Gasteiger partial charge in [-0.2, -0.15) is 0 Å². The molecule has 150 valence electrons. The van der Waals surface area contributed by atoms with Crippen LogP contribution in [-0.2, 0) is 11.3 Å². The molecule has 2 fully saturated rings. The molecule has 1 aromatic carbocycles. The number of hydrogen-bond acceptors (Lipinski definition) is 4. The smallest absolute Gasteiger partial charge is 0.224 e. The summed E-state index contributed by atoms with van der Waals surface area (Å²) in [6, 6.07) is 7.46. The molecule has 0 bridgehead atoms. The van der Waals surface area contributed by atoms with Crippen LogP contribution in [0.4, 0.5) is 0 Å². The van der Waals surface area contributed by atoms with Gasteiger partial charge in [0, 0.05) is 32.7 Å². The minimum absolute atomic E-state index is 0.0836. The van der Waals surface area contributed by atoms with E-state index in [1.807, 2.05) is 12.1 Å². The van der Waals surface area contributed by atoms with Crippen LogP contribution in [0.15, 0.2) is 24.3 Å². The Labute approximate surface area is 163 Å². The molecule has 2 aliphatic rings. The van der Waals surface area contributed by atoms with E-state index in [0.29, 0.717) is 11.7 Å². The van der Waals surface area contributed by atoms with Crippen LogP contribution < -0.4 is 5.32 Å². The van der Waals surface area contributed by atoms with Gasteiger partial charge >= 0.3 is 0 Å². The third kappa shape index (κ3) is 6.22. The van der Waals surface area contributed by atoms with E-state index in [-0.39, 0.29) is 11.8 Å². The van der Waals surface area contributed by atoms with E-state index in [2.05, 4.69) is 22.0 Å². The van der Waals surface area contributed by atoms with Crippen molar-refractivity contribution in [3.63, 3.8) is 0 Å². The minimum Gasteiger partial charge on any atom is -0.508 e. The molecule has 2 saturated heterocycles. The van der Waals surface area contributed by atoms with Crippen molar-refractivity contribution in [2.45, 2.75) is 45.6 Å². The molecule has 5 nitrogen and oxygen atoms in total. The average molecular weight is 374 g/mol. The van der Waals surface area contributed by atoms with E-state index in [9.17, 15) is 9.90 Å². The fourth-order valence-electron chi connectivity index (χ4n) is 4.48. The lowest BCUT2D eigenvalue weighted by Gasteiger charge is -2.38. The Bertz CT molecular complexity index is 584. The van der Waals surface area contributed by atoms with Gasteiger partial charge in [0.25, 0.3) is 0 Å². The van der Waals surface area contributed by atoms with E-state index in [1.54, 1.807) is 12.1 Å². The molecule has 2 N–H and O–H groups in total. The normalized spacial score (nSPS) is 24.2. The van der Waals surface area contributed by atoms with Crippen LogP contribution in [0.3, 0.4) is 0 Å². The zero-order chi connectivity index (χ0) is 19.1. The topological polar surface area (TPSA) is 55.8 Å². The number of phenolic OH excluding ortho intramolecular Hbond substituents is 1. The number of hydrogen-bond donors (Lipinski definition) is 2. The van der Waals surface area contributed by atoms with Gasteiger partial charge in [0.05, 0.1) is 5.92 Å². The van der Waals surface area contributed by atoms with Crippen LogP contribution in [0.1, 0.15) is 44.6 Å². The Morgan fingerprint density at radius 1 is 1.15 bits per heavy atom. The van der Waals surface area contributed by atoms with Gasteiger partial charge in [-0.1, -0.05) is 25.5 Å². The fourth-order valence-corrected chi connectivity index (χ4v) is 4.48. The fraction of sp³-hybridized carbons (Fsp3) is 0.682. The van der Waals surface area contributed by atoms with E-state index >= 15 is 0 Å². The minimum atomic E-state index is 0.0836. The van der Waals surface area contributed by atoms with Gasteiger partial charge in [-0.3, -0.25) is 9.69 Å². The Hall–Kier alpha value is -1.59. The van der Waals surface area contributed by atoms with Crippen molar-refractivity contribution in [1.29, 1.82) is 0 Å². The lowest BCUT2D eigenvalue weighted by Crippen LogP contribution is -2.48. The molecule has 27 heavy (non-hydrogen) atoms. The summed E-state index contributed by atoms with van der Waals surface area (Å²) in [7, 11) is 0. The molecule has 0 saturated carbocycles. The van der Waals surface area contributed by atoms with Crippen LogP contribution in [-0.4, -0.2) is 60.1 Å². The van der Waals surface area contributed by atoms with Gasteiger partial charge in [0.15, 0.2) is 0 Å². The number of aromatic hydroxyl groups is 1. The molecule has 2 aliphatic heterocycles. The summed E-state index contributed by atoms with van der Waals surface area (Å²) in [5.74, 6) is 1.17. The quantitative estimate of drug-likeness (QED) is 0.688. The van der Waals surface area contributed by atoms with E-state index in [1.165, 1.54) is 31.5 Å². The van der Waals surface area contributed by atoms with Gasteiger partial charge in [0.1, 0.15) is 5.75 Å². The number of nitrogens with one attached hydrogen (secondary N) is 1. The number of rotatable bonds is 8. The molecule has 5 heteroatoms. The Morgan fingerprint density at radius 2 is 1.89 bits per heavy atom. The van der Waals surface area contributed by atoms with Crippen molar-refractivity contribution in [1.82, 2.24) is 15.1 Å². The Kier molecular flexibility index (Phi) is 7.53. The summed E-state index contributed by atoms with van der Waals surface area (Å²) < 4.78 is 0. The molecular formula is C22H35N3O2. The third-order valence-corrected chi connectivity index (χ3v) is 5.87. The number of piperidine rings is 1. The highest BCUT2D eigenvalue weighted by Crippen LogP contribution is 2.26. The second kappa shape index (κ2) is 10.1. The van der Waals surface area contributed by atoms with Crippen molar-refractivity contribution in [3.8, 4) is 5.75 Å². The highest BCUT2D eigenvalue weighted by molar-refractivity contribution is 5.79. The van der Waals surface area contributed by atoms with Gasteiger partial charge in [0.2, 0.25) is 5.91 Å². The summed E-state index contributed by atoms with van der Waals surface area (Å²) in [6.07, 6.45) is 5.78. The summed E-state index contributed by atoms with van der Waals surface area (Å²) in [5, 5.41) is 12.7. The van der Waals surface area contributed by atoms with Crippen molar-refractivity contribution in [3.05, 3.63) is 29.8 Å². The maximum Gasteiger partial charge on any atom is 0.224 e. The first-order chi connectivity index (χ1) is 13.1. The number of carbonyl (C=O) groups excluding carboxylic acids is 1. The van der Waals surface area contributed by atoms with Gasteiger partial charge in [-0.25, -0.2) is 0 Å². The zero-order valence-electron chi connectivity index (χ0n) is 16.7. The number of phenols is 1. The molecular weight excluding hydrogens is 338 g/mol. The lowest BCUT2D eigenvalue weighted by atomic mass is 9.87. The first-order valence-corrected chi connectivity index (χ1v) is 10.6. The molecule has 0 spiro atoms. The van der Waals surface area contributed by atoms with Gasteiger partial charge in [-0.15, -0.1) is 0 Å². The van der Waals surface area contributed by atoms with Crippen LogP contribution in [0.25, 0.3) is 0 Å². The van der Waals surface area contributed by atoms with Crippen LogP contribution >= 0.6 is 0 Å². The van der Waals surface area contributed by atoms with E-state index in [4.69, 9.17) is 0 Å². The van der Waals surface area contributed by atoms with Crippen molar-refractivity contribution in [2.24, 2.45) is 11.8 Å². The van der Waals surface area contributed by atoms with Crippen molar-refractivity contribution >= 4 is 5.91 Å². The largest absolute Gasteiger partial charge is 0.508 e. The lowest BCUT2D eigenvalue weighted by molar-refractivity contribution is -0.127. The monoisotopic (exact) mass is 373 g/mol. The molecule has 1 amide bonds. The number of carbonyl (C=O) groups is 1. The molecule has 0 radical (unpaired) electrons. The number of amides is 1. The first kappa shape index (κ1) is 20.2. The Balaban J connectivity index is 1.61. The maximum atomic E-state index is 12.7. The maximum absolute atomic E-state index is 12.7. The van der Waals surface area contributed by atoms with Crippen LogP contribution in [0.2, 0.25) is 0 Å². The summed E-state index contributed by atoms with van der Waals surface area (Å²) in [6.45, 7) is 9.20. The predicted octanol–water partition coefficient (Wildman–Crippen LogP) is 2.84. The van der Waals surface area contributed by atoms with Crippen LogP contribution in [0.5, 0.6) is 5.75 Å². The number of nitrogens with zero attached hydrogens (tertiary/aromatic N) is 2. The highest BCUT2D eigenvalue weighted by Gasteiger charge is 2.32.